The molecule has 1 N–H and O–H groups in total. The molecule has 0 saturated heterocycles. The maximum Gasteiger partial charge on any atom is 0.341 e. The van der Waals surface area contributed by atoms with Crippen LogP contribution in [-0.2, 0) is 4.79 Å². The number of nitrogens with zero attached hydrogens (tertiary/aromatic N) is 2. The minimum atomic E-state index is -1.13. The second kappa shape index (κ2) is 7.14. The van der Waals surface area contributed by atoms with Crippen molar-refractivity contribution < 1.29 is 19.4 Å². The summed E-state index contributed by atoms with van der Waals surface area (Å²) in [6.07, 6.45) is 1.69. The molecule has 0 unspecified atom stereocenters. The quantitative estimate of drug-likeness (QED) is 0.537. The fourth-order valence-corrected chi connectivity index (χ4v) is 4.12. The summed E-state index contributed by atoms with van der Waals surface area (Å²) in [4.78, 5) is 28.7. The molecule has 0 aliphatic rings. The van der Waals surface area contributed by atoms with Crippen LogP contribution in [0.15, 0.2) is 41.2 Å². The molecular weight excluding hydrogens is 404 g/mol. The van der Waals surface area contributed by atoms with Crippen molar-refractivity contribution in [3.8, 4) is 11.5 Å². The Morgan fingerprint density at radius 1 is 1.36 bits per heavy atom. The largest absolute Gasteiger partial charge is 0.493 e. The molecule has 2 heterocycles. The molecule has 2 aromatic carbocycles. The molecule has 28 heavy (non-hydrogen) atoms. The third-order valence-corrected chi connectivity index (χ3v) is 5.28. The molecule has 0 fully saturated rings. The Hall–Kier alpha value is -3.10. The van der Waals surface area contributed by atoms with Crippen LogP contribution in [0.3, 0.4) is 0 Å². The molecule has 0 aliphatic heterocycles. The Morgan fingerprint density at radius 3 is 2.89 bits per heavy atom. The molecule has 0 bridgehead atoms. The van der Waals surface area contributed by atoms with Gasteiger partial charge in [-0.1, -0.05) is 35.1 Å². The Labute approximate surface area is 167 Å². The Kier molecular flexibility index (Phi) is 4.66. The molecule has 142 valence electrons. The van der Waals surface area contributed by atoms with E-state index >= 15 is 0 Å². The van der Waals surface area contributed by atoms with E-state index in [1.165, 1.54) is 18.4 Å². The fourth-order valence-electron chi connectivity index (χ4n) is 2.86. The van der Waals surface area contributed by atoms with Gasteiger partial charge >= 0.3 is 5.97 Å². The number of aromatic nitrogens is 2. The monoisotopic (exact) mass is 416 g/mol. The molecule has 0 atom stereocenters. The van der Waals surface area contributed by atoms with Crippen molar-refractivity contribution in [2.75, 3.05) is 13.7 Å². The molecule has 0 amide bonds. The van der Waals surface area contributed by atoms with E-state index in [-0.39, 0.29) is 22.1 Å². The highest BCUT2D eigenvalue weighted by atomic mass is 35.5. The number of hydrogen-bond donors (Lipinski definition) is 1. The first-order valence-corrected chi connectivity index (χ1v) is 9.31. The van der Waals surface area contributed by atoms with E-state index in [0.717, 1.165) is 11.0 Å². The molecule has 9 heteroatoms. The summed E-state index contributed by atoms with van der Waals surface area (Å²) >= 11 is 7.50. The third kappa shape index (κ3) is 3.17. The van der Waals surface area contributed by atoms with E-state index in [1.54, 1.807) is 22.6 Å². The van der Waals surface area contributed by atoms with Gasteiger partial charge in [-0.2, -0.15) is 0 Å². The van der Waals surface area contributed by atoms with Crippen molar-refractivity contribution >= 4 is 51.0 Å². The summed E-state index contributed by atoms with van der Waals surface area (Å²) in [5.41, 5.74) is 1.97. The van der Waals surface area contributed by atoms with Gasteiger partial charge in [0.15, 0.2) is 23.1 Å². The van der Waals surface area contributed by atoms with Gasteiger partial charge in [-0.3, -0.25) is 4.79 Å². The van der Waals surface area contributed by atoms with E-state index in [4.69, 9.17) is 26.2 Å². The van der Waals surface area contributed by atoms with Gasteiger partial charge in [-0.15, -0.1) is 0 Å². The smallest absolute Gasteiger partial charge is 0.341 e. The van der Waals surface area contributed by atoms with Crippen LogP contribution in [0, 0.1) is 0 Å². The van der Waals surface area contributed by atoms with Crippen molar-refractivity contribution in [3.05, 3.63) is 61.9 Å². The topological polar surface area (TPSA) is 90.1 Å². The molecule has 4 aromatic rings. The molecule has 0 radical (unpaired) electrons. The van der Waals surface area contributed by atoms with E-state index in [2.05, 4.69) is 4.98 Å². The van der Waals surface area contributed by atoms with E-state index in [0.29, 0.717) is 15.1 Å². The fraction of sp³-hybridized carbons (Fsp3) is 0.105. The average Bonchev–Trinajstić information content (AvgIpc) is 3.16. The standard InChI is InChI=1S/C19H13ClN2O5S/c1-26-14-7-10(6-11(20)17(14)27-9-16(23)24)8-15-18(25)22-13-5-3-2-4-12(13)21-19(22)28-15/h2-8H,9H2,1H3,(H,23,24). The number of carbonyl (C=O) groups is 1. The summed E-state index contributed by atoms with van der Waals surface area (Å²) in [5.74, 6) is -0.712. The van der Waals surface area contributed by atoms with Gasteiger partial charge in [0.25, 0.3) is 5.56 Å². The van der Waals surface area contributed by atoms with E-state index in [1.807, 2.05) is 24.3 Å². The average molecular weight is 417 g/mol. The van der Waals surface area contributed by atoms with Gasteiger partial charge < -0.3 is 14.6 Å². The Bertz CT molecular complexity index is 1330. The number of imidazole rings is 1. The van der Waals surface area contributed by atoms with Crippen LogP contribution >= 0.6 is 22.9 Å². The van der Waals surface area contributed by atoms with Gasteiger partial charge in [-0.05, 0) is 35.9 Å². The summed E-state index contributed by atoms with van der Waals surface area (Å²) in [6.45, 7) is -0.543. The van der Waals surface area contributed by atoms with Crippen molar-refractivity contribution in [2.24, 2.45) is 0 Å². The lowest BCUT2D eigenvalue weighted by Gasteiger charge is -2.11. The first-order valence-electron chi connectivity index (χ1n) is 8.12. The summed E-state index contributed by atoms with van der Waals surface area (Å²) in [5, 5.41) is 8.96. The highest BCUT2D eigenvalue weighted by molar-refractivity contribution is 7.15. The van der Waals surface area contributed by atoms with Gasteiger partial charge in [0.05, 0.1) is 27.7 Å². The van der Waals surface area contributed by atoms with Crippen LogP contribution < -0.4 is 19.6 Å². The molecular formula is C19H13ClN2O5S. The maximum atomic E-state index is 12.8. The highest BCUT2D eigenvalue weighted by Crippen LogP contribution is 2.36. The number of carboxylic acids is 1. The molecule has 0 spiro atoms. The number of halogens is 1. The number of para-hydroxylation sites is 2. The summed E-state index contributed by atoms with van der Waals surface area (Å²) < 4.78 is 12.5. The molecule has 4 rings (SSSR count). The minimum Gasteiger partial charge on any atom is -0.493 e. The van der Waals surface area contributed by atoms with Crippen molar-refractivity contribution in [2.45, 2.75) is 0 Å². The zero-order valence-electron chi connectivity index (χ0n) is 14.5. The number of carboxylic acid groups (broad SMARTS) is 1. The number of benzene rings is 2. The number of thiazole rings is 1. The zero-order valence-corrected chi connectivity index (χ0v) is 16.1. The molecule has 7 nitrogen and oxygen atoms in total. The second-order valence-electron chi connectivity index (χ2n) is 5.85. The van der Waals surface area contributed by atoms with Gasteiger partial charge in [0.1, 0.15) is 0 Å². The predicted molar refractivity (Wildman–Crippen MR) is 107 cm³/mol. The molecule has 0 saturated carbocycles. The van der Waals surface area contributed by atoms with Crippen molar-refractivity contribution in [1.29, 1.82) is 0 Å². The Balaban J connectivity index is 1.82. The van der Waals surface area contributed by atoms with E-state index in [9.17, 15) is 9.59 Å². The summed E-state index contributed by atoms with van der Waals surface area (Å²) in [7, 11) is 1.42. The van der Waals surface area contributed by atoms with Crippen LogP contribution in [0.1, 0.15) is 5.56 Å². The van der Waals surface area contributed by atoms with Crippen LogP contribution in [0.4, 0.5) is 0 Å². The van der Waals surface area contributed by atoms with Crippen molar-refractivity contribution in [1.82, 2.24) is 9.38 Å². The second-order valence-corrected chi connectivity index (χ2v) is 7.27. The lowest BCUT2D eigenvalue weighted by molar-refractivity contribution is -0.139. The highest BCUT2D eigenvalue weighted by Gasteiger charge is 2.14. The summed E-state index contributed by atoms with van der Waals surface area (Å²) in [6, 6.07) is 10.7. The predicted octanol–water partition coefficient (Wildman–Crippen LogP) is 2.58. The number of aliphatic carboxylic acids is 1. The number of hydrogen-bond acceptors (Lipinski definition) is 6. The van der Waals surface area contributed by atoms with Crippen LogP contribution in [0.2, 0.25) is 5.02 Å². The first-order chi connectivity index (χ1) is 13.5. The number of ether oxygens (including phenoxy) is 2. The molecule has 0 aliphatic carbocycles. The lowest BCUT2D eigenvalue weighted by Crippen LogP contribution is -2.22. The van der Waals surface area contributed by atoms with E-state index < -0.39 is 12.6 Å². The van der Waals surface area contributed by atoms with Crippen LogP contribution in [0.25, 0.3) is 22.1 Å². The van der Waals surface area contributed by atoms with Crippen molar-refractivity contribution in [3.63, 3.8) is 0 Å². The zero-order chi connectivity index (χ0) is 19.8. The maximum absolute atomic E-state index is 12.8. The normalized spacial score (nSPS) is 12.0. The number of rotatable bonds is 5. The van der Waals surface area contributed by atoms with Crippen LogP contribution in [-0.4, -0.2) is 34.2 Å². The van der Waals surface area contributed by atoms with Gasteiger partial charge in [-0.25, -0.2) is 14.2 Å². The SMILES string of the molecule is COc1cc(C=c2sc3nc4ccccc4n3c2=O)cc(Cl)c1OCC(=O)O. The third-order valence-electron chi connectivity index (χ3n) is 4.03. The number of methoxy groups -OCH3 is 1. The molecule has 2 aromatic heterocycles. The van der Waals surface area contributed by atoms with Gasteiger partial charge in [0, 0.05) is 0 Å². The number of fused-ring (bicyclic) bond motifs is 3. The first kappa shape index (κ1) is 18.3. The minimum absolute atomic E-state index is 0.137. The Morgan fingerprint density at radius 2 is 2.14 bits per heavy atom. The van der Waals surface area contributed by atoms with Crippen LogP contribution in [0.5, 0.6) is 11.5 Å². The lowest BCUT2D eigenvalue weighted by atomic mass is 10.2. The van der Waals surface area contributed by atoms with Gasteiger partial charge in [0.2, 0.25) is 0 Å².